The molecule has 0 radical (unpaired) electrons. The number of likely N-dealkylation sites (N-methyl/N-ethyl adjacent to an activating group) is 1. The second-order valence-corrected chi connectivity index (χ2v) is 7.00. The van der Waals surface area contributed by atoms with Gasteiger partial charge in [0, 0.05) is 19.6 Å². The van der Waals surface area contributed by atoms with Crippen molar-refractivity contribution in [3.05, 3.63) is 0 Å². The molecule has 0 aliphatic carbocycles. The normalized spacial score (nSPS) is 37.5. The molecule has 0 aromatic heterocycles. The summed E-state index contributed by atoms with van der Waals surface area (Å²) < 4.78 is 28.4. The Hall–Kier alpha value is -0.210. The van der Waals surface area contributed by atoms with E-state index in [1.165, 1.54) is 0 Å². The second-order valence-electron chi connectivity index (χ2n) is 4.85. The molecular weight excluding hydrogens is 244 g/mol. The van der Waals surface area contributed by atoms with Crippen LogP contribution in [0, 0.1) is 0 Å². The minimum absolute atomic E-state index is 0.0464. The second kappa shape index (κ2) is 5.19. The van der Waals surface area contributed by atoms with Crippen molar-refractivity contribution >= 4 is 9.84 Å². The number of hydrogen-bond donors (Lipinski definition) is 2. The Balaban J connectivity index is 1.89. The van der Waals surface area contributed by atoms with Crippen LogP contribution in [0.2, 0.25) is 0 Å². The van der Waals surface area contributed by atoms with E-state index >= 15 is 0 Å². The lowest BCUT2D eigenvalue weighted by atomic mass is 10.1. The summed E-state index contributed by atoms with van der Waals surface area (Å²) in [5, 5.41) is 13.0. The van der Waals surface area contributed by atoms with Gasteiger partial charge in [-0.3, -0.25) is 4.90 Å². The van der Waals surface area contributed by atoms with Gasteiger partial charge in [0.25, 0.3) is 0 Å². The van der Waals surface area contributed by atoms with E-state index in [-0.39, 0.29) is 23.7 Å². The number of ether oxygens (including phenoxy) is 1. The van der Waals surface area contributed by atoms with Gasteiger partial charge in [0.05, 0.1) is 36.4 Å². The molecule has 3 atom stereocenters. The highest BCUT2D eigenvalue weighted by atomic mass is 32.2. The van der Waals surface area contributed by atoms with Crippen LogP contribution in [0.4, 0.5) is 0 Å². The Labute approximate surface area is 102 Å². The van der Waals surface area contributed by atoms with Crippen molar-refractivity contribution in [2.24, 2.45) is 0 Å². The highest BCUT2D eigenvalue weighted by molar-refractivity contribution is 7.91. The largest absolute Gasteiger partial charge is 0.390 e. The molecular formula is C10H20N2O4S. The molecule has 0 spiro atoms. The molecule has 100 valence electrons. The van der Waals surface area contributed by atoms with Crippen molar-refractivity contribution in [3.63, 3.8) is 0 Å². The maximum atomic E-state index is 11.4. The number of hydrogen-bond acceptors (Lipinski definition) is 6. The van der Waals surface area contributed by atoms with Crippen LogP contribution in [0.25, 0.3) is 0 Å². The first-order valence-electron chi connectivity index (χ1n) is 5.89. The molecule has 2 aliphatic rings. The lowest BCUT2D eigenvalue weighted by Crippen LogP contribution is -2.49. The Morgan fingerprint density at radius 3 is 2.76 bits per heavy atom. The smallest absolute Gasteiger partial charge is 0.154 e. The van der Waals surface area contributed by atoms with Crippen molar-refractivity contribution in [1.82, 2.24) is 10.2 Å². The van der Waals surface area contributed by atoms with Gasteiger partial charge < -0.3 is 15.2 Å². The van der Waals surface area contributed by atoms with Crippen molar-refractivity contribution in [2.45, 2.75) is 18.2 Å². The average Bonchev–Trinajstić information content (AvgIpc) is 2.54. The standard InChI is InChI=1S/C10H20N2O4S/c1-12(5-8-4-11-2-3-16-8)9-6-17(14,15)7-10(9)13/h8-11,13H,2-7H2,1H3. The third-order valence-electron chi connectivity index (χ3n) is 3.36. The van der Waals surface area contributed by atoms with Crippen LogP contribution < -0.4 is 5.32 Å². The molecule has 6 nitrogen and oxygen atoms in total. The van der Waals surface area contributed by atoms with E-state index in [4.69, 9.17) is 4.74 Å². The van der Waals surface area contributed by atoms with Crippen LogP contribution in [0.1, 0.15) is 0 Å². The van der Waals surface area contributed by atoms with Gasteiger partial charge in [0.2, 0.25) is 0 Å². The lowest BCUT2D eigenvalue weighted by Gasteiger charge is -2.31. The molecule has 0 aromatic carbocycles. The first kappa shape index (κ1) is 13.2. The summed E-state index contributed by atoms with van der Waals surface area (Å²) in [7, 11) is -1.24. The molecule has 2 aliphatic heterocycles. The summed E-state index contributed by atoms with van der Waals surface area (Å²) in [4.78, 5) is 1.90. The predicted molar refractivity (Wildman–Crippen MR) is 63.7 cm³/mol. The van der Waals surface area contributed by atoms with E-state index in [0.29, 0.717) is 13.2 Å². The molecule has 0 saturated carbocycles. The fourth-order valence-corrected chi connectivity index (χ4v) is 4.30. The van der Waals surface area contributed by atoms with Gasteiger partial charge in [-0.2, -0.15) is 0 Å². The Bertz CT molecular complexity index is 353. The third-order valence-corrected chi connectivity index (χ3v) is 5.05. The highest BCUT2D eigenvalue weighted by Gasteiger charge is 2.39. The number of sulfone groups is 1. The van der Waals surface area contributed by atoms with Crippen molar-refractivity contribution in [3.8, 4) is 0 Å². The molecule has 2 rings (SSSR count). The van der Waals surface area contributed by atoms with E-state index in [2.05, 4.69) is 5.32 Å². The molecule has 3 unspecified atom stereocenters. The summed E-state index contributed by atoms with van der Waals surface area (Å²) in [5.41, 5.74) is 0. The highest BCUT2D eigenvalue weighted by Crippen LogP contribution is 2.18. The van der Waals surface area contributed by atoms with E-state index in [0.717, 1.165) is 13.1 Å². The molecule has 2 saturated heterocycles. The minimum Gasteiger partial charge on any atom is -0.390 e. The van der Waals surface area contributed by atoms with Gasteiger partial charge in [0.1, 0.15) is 0 Å². The number of nitrogens with zero attached hydrogens (tertiary/aromatic N) is 1. The van der Waals surface area contributed by atoms with Gasteiger partial charge in [-0.25, -0.2) is 8.42 Å². The van der Waals surface area contributed by atoms with E-state index in [1.54, 1.807) is 0 Å². The molecule has 0 bridgehead atoms. The molecule has 7 heteroatoms. The van der Waals surface area contributed by atoms with E-state index in [9.17, 15) is 13.5 Å². The fraction of sp³-hybridized carbons (Fsp3) is 1.00. The van der Waals surface area contributed by atoms with E-state index in [1.807, 2.05) is 11.9 Å². The summed E-state index contributed by atoms with van der Waals surface area (Å²) >= 11 is 0. The molecule has 0 amide bonds. The number of morpholine rings is 1. The zero-order valence-corrected chi connectivity index (χ0v) is 10.8. The maximum Gasteiger partial charge on any atom is 0.154 e. The third kappa shape index (κ3) is 3.38. The van der Waals surface area contributed by atoms with Gasteiger partial charge >= 0.3 is 0 Å². The Kier molecular flexibility index (Phi) is 4.04. The maximum absolute atomic E-state index is 11.4. The quantitative estimate of drug-likeness (QED) is 0.618. The minimum atomic E-state index is -3.08. The number of rotatable bonds is 3. The van der Waals surface area contributed by atoms with Crippen LogP contribution in [0.3, 0.4) is 0 Å². The van der Waals surface area contributed by atoms with Crippen molar-refractivity contribution in [2.75, 3.05) is 44.8 Å². The average molecular weight is 264 g/mol. The molecule has 2 heterocycles. The van der Waals surface area contributed by atoms with Gasteiger partial charge in [-0.1, -0.05) is 0 Å². The van der Waals surface area contributed by atoms with Crippen LogP contribution in [0.15, 0.2) is 0 Å². The predicted octanol–water partition coefficient (Wildman–Crippen LogP) is -1.94. The van der Waals surface area contributed by atoms with Crippen LogP contribution in [0.5, 0.6) is 0 Å². The summed E-state index contributed by atoms with van der Waals surface area (Å²) in [6, 6.07) is -0.300. The first-order valence-corrected chi connectivity index (χ1v) is 7.71. The van der Waals surface area contributed by atoms with Crippen LogP contribution in [-0.2, 0) is 14.6 Å². The molecule has 2 fully saturated rings. The summed E-state index contributed by atoms with van der Waals surface area (Å²) in [6.45, 7) is 2.97. The lowest BCUT2D eigenvalue weighted by molar-refractivity contribution is -0.00626. The zero-order chi connectivity index (χ0) is 12.5. The fourth-order valence-electron chi connectivity index (χ4n) is 2.43. The summed E-state index contributed by atoms with van der Waals surface area (Å²) in [5.74, 6) is -0.0728. The van der Waals surface area contributed by atoms with E-state index < -0.39 is 15.9 Å². The zero-order valence-electron chi connectivity index (χ0n) is 10.0. The summed E-state index contributed by atoms with van der Waals surface area (Å²) in [6.07, 6.45) is -0.703. The molecule has 17 heavy (non-hydrogen) atoms. The topological polar surface area (TPSA) is 78.9 Å². The van der Waals surface area contributed by atoms with Gasteiger partial charge in [-0.15, -0.1) is 0 Å². The van der Waals surface area contributed by atoms with Crippen LogP contribution in [-0.4, -0.2) is 81.5 Å². The first-order chi connectivity index (χ1) is 7.98. The van der Waals surface area contributed by atoms with Gasteiger partial charge in [-0.05, 0) is 7.05 Å². The van der Waals surface area contributed by atoms with Crippen molar-refractivity contribution in [1.29, 1.82) is 0 Å². The van der Waals surface area contributed by atoms with Crippen molar-refractivity contribution < 1.29 is 18.3 Å². The Morgan fingerprint density at radius 2 is 2.24 bits per heavy atom. The van der Waals surface area contributed by atoms with Gasteiger partial charge in [0.15, 0.2) is 9.84 Å². The van der Waals surface area contributed by atoms with Crippen LogP contribution >= 0.6 is 0 Å². The molecule has 2 N–H and O–H groups in total. The number of aliphatic hydroxyl groups is 1. The monoisotopic (exact) mass is 264 g/mol. The molecule has 0 aromatic rings. The number of nitrogens with one attached hydrogen (secondary N) is 1. The number of aliphatic hydroxyl groups excluding tert-OH is 1. The Morgan fingerprint density at radius 1 is 1.47 bits per heavy atom. The SMILES string of the molecule is CN(CC1CNCCO1)C1CS(=O)(=O)CC1O.